The van der Waals surface area contributed by atoms with E-state index in [4.69, 9.17) is 4.98 Å². The van der Waals surface area contributed by atoms with Crippen LogP contribution in [0.3, 0.4) is 0 Å². The highest BCUT2D eigenvalue weighted by Crippen LogP contribution is 2.29. The summed E-state index contributed by atoms with van der Waals surface area (Å²) in [5.74, 6) is 0. The molecule has 0 fully saturated rings. The third-order valence-corrected chi connectivity index (χ3v) is 3.86. The topological polar surface area (TPSA) is 12.9 Å². The van der Waals surface area contributed by atoms with Gasteiger partial charge in [0.1, 0.15) is 0 Å². The first kappa shape index (κ1) is 12.9. The van der Waals surface area contributed by atoms with Gasteiger partial charge in [0, 0.05) is 10.9 Å². The lowest BCUT2D eigenvalue weighted by molar-refractivity contribution is 1.28. The smallest absolute Gasteiger partial charge is 0.0738 e. The van der Waals surface area contributed by atoms with Crippen LogP contribution >= 0.6 is 0 Å². The van der Waals surface area contributed by atoms with Gasteiger partial charge in [0.15, 0.2) is 0 Å². The Morgan fingerprint density at radius 3 is 2.15 bits per heavy atom. The maximum Gasteiger partial charge on any atom is 0.0738 e. The average molecular weight is 261 g/mol. The van der Waals surface area contributed by atoms with E-state index in [1.807, 2.05) is 0 Å². The molecule has 0 bridgehead atoms. The van der Waals surface area contributed by atoms with Gasteiger partial charge < -0.3 is 0 Å². The second-order valence-corrected chi connectivity index (χ2v) is 5.62. The Hall–Kier alpha value is -2.15. The van der Waals surface area contributed by atoms with E-state index in [9.17, 15) is 0 Å². The molecule has 1 aromatic heterocycles. The van der Waals surface area contributed by atoms with Crippen molar-refractivity contribution in [2.24, 2.45) is 0 Å². The van der Waals surface area contributed by atoms with Gasteiger partial charge in [-0.1, -0.05) is 42.0 Å². The van der Waals surface area contributed by atoms with E-state index in [2.05, 4.69) is 70.2 Å². The van der Waals surface area contributed by atoms with Crippen molar-refractivity contribution >= 4 is 10.9 Å². The van der Waals surface area contributed by atoms with Crippen LogP contribution < -0.4 is 0 Å². The van der Waals surface area contributed by atoms with Gasteiger partial charge in [0.05, 0.1) is 11.2 Å². The van der Waals surface area contributed by atoms with Gasteiger partial charge in [-0.15, -0.1) is 0 Å². The lowest BCUT2D eigenvalue weighted by Crippen LogP contribution is -1.94. The van der Waals surface area contributed by atoms with Gasteiger partial charge in [0.2, 0.25) is 0 Å². The van der Waals surface area contributed by atoms with E-state index in [1.54, 1.807) is 0 Å². The lowest BCUT2D eigenvalue weighted by atomic mass is 9.96. The molecule has 0 spiro atoms. The summed E-state index contributed by atoms with van der Waals surface area (Å²) in [5.41, 5.74) is 8.56. The zero-order valence-electron chi connectivity index (χ0n) is 12.5. The van der Waals surface area contributed by atoms with Crippen molar-refractivity contribution < 1.29 is 0 Å². The van der Waals surface area contributed by atoms with Crippen molar-refractivity contribution in [3.8, 4) is 11.3 Å². The summed E-state index contributed by atoms with van der Waals surface area (Å²) >= 11 is 0. The first-order chi connectivity index (χ1) is 9.56. The van der Waals surface area contributed by atoms with E-state index >= 15 is 0 Å². The number of pyridine rings is 1. The first-order valence-electron chi connectivity index (χ1n) is 7.01. The molecule has 1 heterocycles. The van der Waals surface area contributed by atoms with Crippen LogP contribution in [0.15, 0.2) is 42.5 Å². The maximum atomic E-state index is 4.90. The van der Waals surface area contributed by atoms with Crippen LogP contribution in [-0.2, 0) is 0 Å². The van der Waals surface area contributed by atoms with Crippen LogP contribution in [0.1, 0.15) is 22.3 Å². The number of aryl methyl sites for hydroxylation is 4. The molecular formula is C19H19N. The van der Waals surface area contributed by atoms with Crippen LogP contribution in [-0.4, -0.2) is 4.98 Å². The second kappa shape index (κ2) is 4.75. The monoisotopic (exact) mass is 261 g/mol. The van der Waals surface area contributed by atoms with Crippen molar-refractivity contribution in [2.75, 3.05) is 0 Å². The Balaban J connectivity index is 2.28. The van der Waals surface area contributed by atoms with Gasteiger partial charge in [-0.3, -0.25) is 0 Å². The Bertz CT molecular complexity index is 777. The van der Waals surface area contributed by atoms with E-state index in [1.165, 1.54) is 33.2 Å². The molecule has 0 aliphatic heterocycles. The quantitative estimate of drug-likeness (QED) is 0.591. The molecule has 0 saturated heterocycles. The molecule has 0 amide bonds. The number of aromatic nitrogens is 1. The van der Waals surface area contributed by atoms with Crippen LogP contribution in [0.4, 0.5) is 0 Å². The van der Waals surface area contributed by atoms with Crippen molar-refractivity contribution in [1.29, 1.82) is 0 Å². The summed E-state index contributed by atoms with van der Waals surface area (Å²) in [7, 11) is 0. The van der Waals surface area contributed by atoms with Crippen LogP contribution in [0, 0.1) is 27.7 Å². The molecular weight excluding hydrogens is 242 g/mol. The number of benzene rings is 2. The van der Waals surface area contributed by atoms with Crippen LogP contribution in [0.5, 0.6) is 0 Å². The van der Waals surface area contributed by atoms with Crippen molar-refractivity contribution in [3.05, 3.63) is 64.7 Å². The maximum absolute atomic E-state index is 4.90. The molecule has 0 N–H and O–H groups in total. The van der Waals surface area contributed by atoms with Crippen molar-refractivity contribution in [2.45, 2.75) is 27.7 Å². The fraction of sp³-hybridized carbons (Fsp3) is 0.211. The predicted octanol–water partition coefficient (Wildman–Crippen LogP) is 5.14. The Morgan fingerprint density at radius 1 is 0.750 bits per heavy atom. The molecule has 0 aliphatic carbocycles. The zero-order valence-corrected chi connectivity index (χ0v) is 12.5. The summed E-state index contributed by atoms with van der Waals surface area (Å²) in [6.45, 7) is 8.59. The minimum atomic E-state index is 1.07. The molecule has 2 aromatic carbocycles. The number of para-hydroxylation sites is 1. The third kappa shape index (κ3) is 2.09. The van der Waals surface area contributed by atoms with E-state index < -0.39 is 0 Å². The van der Waals surface area contributed by atoms with E-state index in [-0.39, 0.29) is 0 Å². The summed E-state index contributed by atoms with van der Waals surface area (Å²) in [6.07, 6.45) is 0. The number of fused-ring (bicyclic) bond motifs is 1. The number of nitrogens with zero attached hydrogens (tertiary/aromatic N) is 1. The van der Waals surface area contributed by atoms with Crippen molar-refractivity contribution in [1.82, 2.24) is 4.98 Å². The van der Waals surface area contributed by atoms with Gasteiger partial charge in [-0.2, -0.15) is 0 Å². The highest BCUT2D eigenvalue weighted by molar-refractivity contribution is 5.85. The summed E-state index contributed by atoms with van der Waals surface area (Å²) in [6, 6.07) is 15.1. The van der Waals surface area contributed by atoms with E-state index in [0.29, 0.717) is 0 Å². The minimum Gasteiger partial charge on any atom is -0.247 e. The zero-order chi connectivity index (χ0) is 14.3. The minimum absolute atomic E-state index is 1.07. The van der Waals surface area contributed by atoms with Gasteiger partial charge >= 0.3 is 0 Å². The summed E-state index contributed by atoms with van der Waals surface area (Å²) in [4.78, 5) is 4.90. The Kier molecular flexibility index (Phi) is 3.06. The molecule has 100 valence electrons. The van der Waals surface area contributed by atoms with Gasteiger partial charge in [-0.05, 0) is 50.5 Å². The molecule has 0 radical (unpaired) electrons. The first-order valence-corrected chi connectivity index (χ1v) is 7.01. The Morgan fingerprint density at radius 2 is 1.45 bits per heavy atom. The average Bonchev–Trinajstić information content (AvgIpc) is 2.38. The normalized spacial score (nSPS) is 11.0. The number of hydrogen-bond donors (Lipinski definition) is 0. The number of hydrogen-bond acceptors (Lipinski definition) is 1. The SMILES string of the molecule is Cc1cc(C)c(-c2ccc3cccc(C)c3n2)c(C)c1. The molecule has 1 nitrogen and oxygen atoms in total. The molecule has 3 rings (SSSR count). The van der Waals surface area contributed by atoms with Crippen molar-refractivity contribution in [3.63, 3.8) is 0 Å². The van der Waals surface area contributed by atoms with Gasteiger partial charge in [-0.25, -0.2) is 4.98 Å². The molecule has 1 heteroatoms. The Labute approximate surface area is 120 Å². The molecule has 3 aromatic rings. The molecule has 0 atom stereocenters. The standard InChI is InChI=1S/C19H19N/c1-12-10-14(3)18(15(4)11-12)17-9-8-16-7-5-6-13(2)19(16)20-17/h5-11H,1-4H3. The predicted molar refractivity (Wildman–Crippen MR) is 86.1 cm³/mol. The van der Waals surface area contributed by atoms with Crippen LogP contribution in [0.2, 0.25) is 0 Å². The highest BCUT2D eigenvalue weighted by atomic mass is 14.7. The fourth-order valence-electron chi connectivity index (χ4n) is 3.02. The largest absolute Gasteiger partial charge is 0.247 e. The highest BCUT2D eigenvalue weighted by Gasteiger charge is 2.09. The van der Waals surface area contributed by atoms with Gasteiger partial charge in [0.25, 0.3) is 0 Å². The summed E-state index contributed by atoms with van der Waals surface area (Å²) < 4.78 is 0. The molecule has 0 unspecified atom stereocenters. The lowest BCUT2D eigenvalue weighted by Gasteiger charge is -2.12. The van der Waals surface area contributed by atoms with E-state index in [0.717, 1.165) is 11.2 Å². The number of rotatable bonds is 1. The fourth-order valence-corrected chi connectivity index (χ4v) is 3.02. The molecule has 0 aliphatic rings. The molecule has 20 heavy (non-hydrogen) atoms. The summed E-state index contributed by atoms with van der Waals surface area (Å²) in [5, 5.41) is 1.20. The molecule has 0 saturated carbocycles. The van der Waals surface area contributed by atoms with Crippen LogP contribution in [0.25, 0.3) is 22.2 Å². The second-order valence-electron chi connectivity index (χ2n) is 5.62. The third-order valence-electron chi connectivity index (χ3n) is 3.86.